The summed E-state index contributed by atoms with van der Waals surface area (Å²) in [7, 11) is 0. The number of nitrogens with one attached hydrogen (secondary N) is 2. The van der Waals surface area contributed by atoms with Crippen LogP contribution < -0.4 is 15.4 Å². The van der Waals surface area contributed by atoms with Crippen molar-refractivity contribution in [2.45, 2.75) is 32.2 Å². The normalized spacial score (nSPS) is 19.5. The van der Waals surface area contributed by atoms with E-state index < -0.39 is 11.9 Å². The first kappa shape index (κ1) is 17.8. The quantitative estimate of drug-likeness (QED) is 0.694. The Morgan fingerprint density at radius 2 is 1.92 bits per heavy atom. The lowest BCUT2D eigenvalue weighted by molar-refractivity contribution is -0.141. The number of hydrogen-bond acceptors (Lipinski definition) is 4. The van der Waals surface area contributed by atoms with Gasteiger partial charge in [0, 0.05) is 11.6 Å². The number of rotatable bonds is 7. The molecule has 1 fully saturated rings. The second-order valence-corrected chi connectivity index (χ2v) is 5.75. The maximum absolute atomic E-state index is 12.0. The van der Waals surface area contributed by atoms with Crippen LogP contribution in [0.5, 0.6) is 5.75 Å². The first-order chi connectivity index (χ1) is 11.5. The van der Waals surface area contributed by atoms with Gasteiger partial charge >= 0.3 is 5.97 Å². The third-order valence-corrected chi connectivity index (χ3v) is 3.98. The van der Waals surface area contributed by atoms with E-state index in [2.05, 4.69) is 10.6 Å². The molecule has 7 heteroatoms. The fourth-order valence-electron chi connectivity index (χ4n) is 2.75. The minimum Gasteiger partial charge on any atom is -0.494 e. The van der Waals surface area contributed by atoms with Crippen LogP contribution in [0, 0.1) is 5.92 Å². The van der Waals surface area contributed by atoms with Crippen LogP contribution in [0.15, 0.2) is 24.3 Å². The number of benzene rings is 1. The predicted molar refractivity (Wildman–Crippen MR) is 86.9 cm³/mol. The summed E-state index contributed by atoms with van der Waals surface area (Å²) in [5, 5.41) is 14.3. The Balaban J connectivity index is 1.75. The maximum Gasteiger partial charge on any atom is 0.306 e. The van der Waals surface area contributed by atoms with Crippen LogP contribution in [-0.4, -0.2) is 42.1 Å². The molecule has 0 aromatic heterocycles. The van der Waals surface area contributed by atoms with Gasteiger partial charge in [-0.2, -0.15) is 0 Å². The summed E-state index contributed by atoms with van der Waals surface area (Å²) in [4.78, 5) is 34.7. The Morgan fingerprint density at radius 3 is 2.50 bits per heavy atom. The van der Waals surface area contributed by atoms with Gasteiger partial charge in [0.05, 0.1) is 19.1 Å². The SMILES string of the molecule is CCOc1ccc(C(=O)NCC(=O)N[C@@H]2CC[C@H](C(=O)O)C2)cc1. The van der Waals surface area contributed by atoms with Crippen LogP contribution in [0.3, 0.4) is 0 Å². The van der Waals surface area contributed by atoms with E-state index in [1.54, 1.807) is 24.3 Å². The fraction of sp³-hybridized carbons (Fsp3) is 0.471. The molecule has 24 heavy (non-hydrogen) atoms. The van der Waals surface area contributed by atoms with Crippen molar-refractivity contribution in [3.05, 3.63) is 29.8 Å². The summed E-state index contributed by atoms with van der Waals surface area (Å²) >= 11 is 0. The predicted octanol–water partition coefficient (Wildman–Crippen LogP) is 1.18. The standard InChI is InChI=1S/C17H22N2O5/c1-2-24-14-7-4-11(5-8-14)16(21)18-10-15(20)19-13-6-3-12(9-13)17(22)23/h4-5,7-8,12-13H,2-3,6,9-10H2,1H3,(H,18,21)(H,19,20)(H,22,23)/t12-,13+/m0/s1. The van der Waals surface area contributed by atoms with Crippen molar-refractivity contribution in [3.8, 4) is 5.75 Å². The van der Waals surface area contributed by atoms with Gasteiger partial charge in [-0.05, 0) is 50.5 Å². The largest absolute Gasteiger partial charge is 0.494 e. The highest BCUT2D eigenvalue weighted by atomic mass is 16.5. The number of amides is 2. The third kappa shape index (κ3) is 4.97. The molecule has 0 radical (unpaired) electrons. The van der Waals surface area contributed by atoms with Gasteiger partial charge in [0.25, 0.3) is 5.91 Å². The Hall–Kier alpha value is -2.57. The molecule has 0 aliphatic heterocycles. The Kier molecular flexibility index (Phi) is 6.17. The van der Waals surface area contributed by atoms with Gasteiger partial charge in [0.1, 0.15) is 5.75 Å². The molecule has 0 spiro atoms. The first-order valence-electron chi connectivity index (χ1n) is 8.02. The van der Waals surface area contributed by atoms with Crippen molar-refractivity contribution in [3.63, 3.8) is 0 Å². The first-order valence-corrected chi connectivity index (χ1v) is 8.02. The van der Waals surface area contributed by atoms with E-state index in [1.165, 1.54) is 0 Å². The minimum absolute atomic E-state index is 0.138. The van der Waals surface area contributed by atoms with Crippen LogP contribution in [0.25, 0.3) is 0 Å². The van der Waals surface area contributed by atoms with E-state index in [-0.39, 0.29) is 24.4 Å². The average Bonchev–Trinajstić information content (AvgIpc) is 3.02. The molecule has 2 atom stereocenters. The molecule has 1 aromatic rings. The summed E-state index contributed by atoms with van der Waals surface area (Å²) in [5.74, 6) is -1.20. The molecule has 1 aliphatic rings. The van der Waals surface area contributed by atoms with Crippen molar-refractivity contribution in [1.82, 2.24) is 10.6 Å². The number of carbonyl (C=O) groups is 3. The number of carboxylic acid groups (broad SMARTS) is 1. The summed E-state index contributed by atoms with van der Waals surface area (Å²) < 4.78 is 5.30. The van der Waals surface area contributed by atoms with Crippen molar-refractivity contribution in [1.29, 1.82) is 0 Å². The second-order valence-electron chi connectivity index (χ2n) is 5.75. The number of aliphatic carboxylic acids is 1. The summed E-state index contributed by atoms with van der Waals surface area (Å²) in [6.07, 6.45) is 1.66. The zero-order valence-electron chi connectivity index (χ0n) is 13.6. The van der Waals surface area contributed by atoms with E-state index in [1.807, 2.05) is 6.92 Å². The molecular weight excluding hydrogens is 312 g/mol. The molecule has 1 aromatic carbocycles. The summed E-state index contributed by atoms with van der Waals surface area (Å²) in [6, 6.07) is 6.52. The van der Waals surface area contributed by atoms with Gasteiger partial charge in [-0.3, -0.25) is 14.4 Å². The van der Waals surface area contributed by atoms with Gasteiger partial charge in [-0.1, -0.05) is 0 Å². The summed E-state index contributed by atoms with van der Waals surface area (Å²) in [6.45, 7) is 2.29. The topological polar surface area (TPSA) is 105 Å². The number of hydrogen-bond donors (Lipinski definition) is 3. The molecule has 7 nitrogen and oxygen atoms in total. The lowest BCUT2D eigenvalue weighted by Crippen LogP contribution is -2.41. The van der Waals surface area contributed by atoms with Crippen LogP contribution >= 0.6 is 0 Å². The lowest BCUT2D eigenvalue weighted by atomic mass is 10.1. The molecule has 3 N–H and O–H groups in total. The second kappa shape index (κ2) is 8.33. The number of carboxylic acids is 1. The van der Waals surface area contributed by atoms with Crippen LogP contribution in [0.2, 0.25) is 0 Å². The van der Waals surface area contributed by atoms with Gasteiger partial charge < -0.3 is 20.5 Å². The van der Waals surface area contributed by atoms with Crippen molar-refractivity contribution in [2.75, 3.05) is 13.2 Å². The van der Waals surface area contributed by atoms with Crippen molar-refractivity contribution >= 4 is 17.8 Å². The average molecular weight is 334 g/mol. The fourth-order valence-corrected chi connectivity index (χ4v) is 2.75. The van der Waals surface area contributed by atoms with E-state index in [9.17, 15) is 14.4 Å². The molecule has 0 unspecified atom stereocenters. The van der Waals surface area contributed by atoms with E-state index in [0.717, 1.165) is 0 Å². The van der Waals surface area contributed by atoms with Crippen LogP contribution in [0.4, 0.5) is 0 Å². The van der Waals surface area contributed by atoms with E-state index in [0.29, 0.717) is 37.2 Å². The Bertz CT molecular complexity index is 600. The highest BCUT2D eigenvalue weighted by Crippen LogP contribution is 2.25. The summed E-state index contributed by atoms with van der Waals surface area (Å²) in [5.41, 5.74) is 0.443. The number of ether oxygens (including phenoxy) is 1. The van der Waals surface area contributed by atoms with Crippen LogP contribution in [0.1, 0.15) is 36.5 Å². The molecule has 1 saturated carbocycles. The van der Waals surface area contributed by atoms with Gasteiger partial charge in [-0.15, -0.1) is 0 Å². The monoisotopic (exact) mass is 334 g/mol. The van der Waals surface area contributed by atoms with Gasteiger partial charge in [0.15, 0.2) is 0 Å². The molecule has 0 heterocycles. The Labute approximate surface area is 140 Å². The minimum atomic E-state index is -0.824. The van der Waals surface area contributed by atoms with Gasteiger partial charge in [-0.25, -0.2) is 0 Å². The smallest absolute Gasteiger partial charge is 0.306 e. The zero-order chi connectivity index (χ0) is 17.5. The molecule has 0 saturated heterocycles. The van der Waals surface area contributed by atoms with E-state index >= 15 is 0 Å². The molecule has 130 valence electrons. The highest BCUT2D eigenvalue weighted by Gasteiger charge is 2.30. The molecule has 1 aliphatic carbocycles. The van der Waals surface area contributed by atoms with Gasteiger partial charge in [0.2, 0.25) is 5.91 Å². The Morgan fingerprint density at radius 1 is 1.21 bits per heavy atom. The maximum atomic E-state index is 12.0. The zero-order valence-corrected chi connectivity index (χ0v) is 13.6. The number of carbonyl (C=O) groups excluding carboxylic acids is 2. The molecule has 2 amide bonds. The van der Waals surface area contributed by atoms with Crippen molar-refractivity contribution < 1.29 is 24.2 Å². The third-order valence-electron chi connectivity index (χ3n) is 3.98. The lowest BCUT2D eigenvalue weighted by Gasteiger charge is -2.13. The molecule has 2 rings (SSSR count). The highest BCUT2D eigenvalue weighted by molar-refractivity contribution is 5.96. The van der Waals surface area contributed by atoms with Crippen molar-refractivity contribution in [2.24, 2.45) is 5.92 Å². The molecule has 0 bridgehead atoms. The molecular formula is C17H22N2O5. The van der Waals surface area contributed by atoms with Crippen LogP contribution in [-0.2, 0) is 9.59 Å². The van der Waals surface area contributed by atoms with E-state index in [4.69, 9.17) is 9.84 Å².